The number of methoxy groups -OCH3 is 2. The second-order valence-corrected chi connectivity index (χ2v) is 6.41. The minimum absolute atomic E-state index is 0.0117. The maximum atomic E-state index is 13.0. The van der Waals surface area contributed by atoms with E-state index in [0.717, 1.165) is 10.7 Å². The SMILES string of the molecule is COCOc1ccc(C(=O)c2nnn(Cc3ccc(OC)cc3)c2C(=O)O)c([N+](=O)[O-])c1. The van der Waals surface area contributed by atoms with Crippen molar-refractivity contribution < 1.29 is 33.8 Å². The molecule has 166 valence electrons. The fourth-order valence-corrected chi connectivity index (χ4v) is 2.89. The molecule has 0 unspecified atom stereocenters. The monoisotopic (exact) mass is 442 g/mol. The Balaban J connectivity index is 1.98. The van der Waals surface area contributed by atoms with Crippen LogP contribution in [0.3, 0.4) is 0 Å². The molecular formula is C20H18N4O8. The summed E-state index contributed by atoms with van der Waals surface area (Å²) in [7, 11) is 2.90. The Morgan fingerprint density at radius 2 is 1.81 bits per heavy atom. The lowest BCUT2D eigenvalue weighted by atomic mass is 10.0. The van der Waals surface area contributed by atoms with Gasteiger partial charge in [-0.2, -0.15) is 0 Å². The van der Waals surface area contributed by atoms with Gasteiger partial charge in [-0.15, -0.1) is 5.10 Å². The normalized spacial score (nSPS) is 10.6. The van der Waals surface area contributed by atoms with Crippen LogP contribution in [-0.2, 0) is 11.3 Å². The molecule has 0 atom stereocenters. The van der Waals surface area contributed by atoms with Crippen molar-refractivity contribution in [3.8, 4) is 11.5 Å². The van der Waals surface area contributed by atoms with Crippen LogP contribution < -0.4 is 9.47 Å². The number of ketones is 1. The molecule has 0 amide bonds. The number of carbonyl (C=O) groups is 2. The first-order valence-corrected chi connectivity index (χ1v) is 9.10. The highest BCUT2D eigenvalue weighted by Gasteiger charge is 2.30. The standard InChI is InChI=1S/C20H18N4O8/c1-30-11-32-14-7-8-15(16(9-14)24(28)29)19(25)17-18(20(26)27)23(22-21-17)10-12-3-5-13(31-2)6-4-12/h3-9H,10-11H2,1-2H3,(H,26,27). The average molecular weight is 442 g/mol. The molecule has 32 heavy (non-hydrogen) atoms. The van der Waals surface area contributed by atoms with Gasteiger partial charge in [0.2, 0.25) is 5.78 Å². The maximum Gasteiger partial charge on any atom is 0.356 e. The van der Waals surface area contributed by atoms with Crippen LogP contribution in [0.4, 0.5) is 5.69 Å². The fraction of sp³-hybridized carbons (Fsp3) is 0.200. The van der Waals surface area contributed by atoms with Gasteiger partial charge in [0.1, 0.15) is 17.1 Å². The zero-order valence-electron chi connectivity index (χ0n) is 17.0. The number of carboxylic acids is 1. The highest BCUT2D eigenvalue weighted by molar-refractivity contribution is 6.14. The summed E-state index contributed by atoms with van der Waals surface area (Å²) in [6.07, 6.45) is 0. The Morgan fingerprint density at radius 1 is 1.12 bits per heavy atom. The van der Waals surface area contributed by atoms with E-state index in [1.807, 2.05) is 0 Å². The van der Waals surface area contributed by atoms with Gasteiger partial charge >= 0.3 is 5.97 Å². The Hall–Kier alpha value is -4.32. The van der Waals surface area contributed by atoms with E-state index in [1.54, 1.807) is 24.3 Å². The number of rotatable bonds is 10. The highest BCUT2D eigenvalue weighted by Crippen LogP contribution is 2.27. The van der Waals surface area contributed by atoms with Gasteiger partial charge in [-0.25, -0.2) is 9.48 Å². The van der Waals surface area contributed by atoms with Gasteiger partial charge in [-0.1, -0.05) is 17.3 Å². The quantitative estimate of drug-likeness (QED) is 0.214. The Bertz CT molecular complexity index is 1160. The third-order valence-electron chi connectivity index (χ3n) is 4.40. The number of aromatic carboxylic acids is 1. The molecule has 0 spiro atoms. The van der Waals surface area contributed by atoms with Crippen molar-refractivity contribution in [3.63, 3.8) is 0 Å². The second kappa shape index (κ2) is 9.66. The van der Waals surface area contributed by atoms with Crippen LogP contribution in [0, 0.1) is 10.1 Å². The summed E-state index contributed by atoms with van der Waals surface area (Å²) in [5.74, 6) is -1.67. The topological polar surface area (TPSA) is 156 Å². The summed E-state index contributed by atoms with van der Waals surface area (Å²) >= 11 is 0. The van der Waals surface area contributed by atoms with Crippen molar-refractivity contribution in [2.24, 2.45) is 0 Å². The molecular weight excluding hydrogens is 424 g/mol. The van der Waals surface area contributed by atoms with Gasteiger partial charge in [0.05, 0.1) is 24.6 Å². The minimum atomic E-state index is -1.45. The zero-order valence-corrected chi connectivity index (χ0v) is 17.0. The van der Waals surface area contributed by atoms with Gasteiger partial charge in [-0.3, -0.25) is 14.9 Å². The lowest BCUT2D eigenvalue weighted by molar-refractivity contribution is -0.385. The van der Waals surface area contributed by atoms with Crippen molar-refractivity contribution in [1.29, 1.82) is 0 Å². The average Bonchev–Trinajstić information content (AvgIpc) is 3.21. The predicted octanol–water partition coefficient (Wildman–Crippen LogP) is 2.16. The molecule has 0 bridgehead atoms. The van der Waals surface area contributed by atoms with Gasteiger partial charge in [0, 0.05) is 7.11 Å². The molecule has 0 aliphatic carbocycles. The molecule has 1 N–H and O–H groups in total. The maximum absolute atomic E-state index is 13.0. The van der Waals surface area contributed by atoms with Gasteiger partial charge < -0.3 is 19.3 Å². The Morgan fingerprint density at radius 3 is 2.41 bits per heavy atom. The lowest BCUT2D eigenvalue weighted by Gasteiger charge is -2.07. The lowest BCUT2D eigenvalue weighted by Crippen LogP contribution is -2.16. The number of hydrogen-bond donors (Lipinski definition) is 1. The first-order valence-electron chi connectivity index (χ1n) is 9.10. The molecule has 0 aliphatic heterocycles. The number of hydrogen-bond acceptors (Lipinski definition) is 9. The van der Waals surface area contributed by atoms with Crippen LogP contribution in [0.25, 0.3) is 0 Å². The number of carboxylic acid groups (broad SMARTS) is 1. The van der Waals surface area contributed by atoms with E-state index in [2.05, 4.69) is 10.3 Å². The van der Waals surface area contributed by atoms with E-state index in [0.29, 0.717) is 11.3 Å². The first-order chi connectivity index (χ1) is 15.3. The van der Waals surface area contributed by atoms with E-state index in [1.165, 1.54) is 26.4 Å². The molecule has 0 radical (unpaired) electrons. The smallest absolute Gasteiger partial charge is 0.356 e. The Labute approximate surface area is 181 Å². The van der Waals surface area contributed by atoms with Crippen molar-refractivity contribution in [2.45, 2.75) is 6.54 Å². The predicted molar refractivity (Wildman–Crippen MR) is 108 cm³/mol. The van der Waals surface area contributed by atoms with E-state index in [4.69, 9.17) is 14.2 Å². The van der Waals surface area contributed by atoms with Crippen LogP contribution in [0.5, 0.6) is 11.5 Å². The molecule has 12 nitrogen and oxygen atoms in total. The molecule has 1 aromatic heterocycles. The van der Waals surface area contributed by atoms with Crippen LogP contribution in [-0.4, -0.2) is 57.8 Å². The first kappa shape index (κ1) is 22.4. The van der Waals surface area contributed by atoms with E-state index < -0.39 is 33.8 Å². The fourth-order valence-electron chi connectivity index (χ4n) is 2.89. The van der Waals surface area contributed by atoms with Gasteiger partial charge in [0.15, 0.2) is 18.2 Å². The van der Waals surface area contributed by atoms with Crippen LogP contribution in [0.1, 0.15) is 32.1 Å². The van der Waals surface area contributed by atoms with Crippen LogP contribution in [0.15, 0.2) is 42.5 Å². The molecule has 3 aromatic rings. The summed E-state index contributed by atoms with van der Waals surface area (Å²) in [4.78, 5) is 35.6. The van der Waals surface area contributed by atoms with Gasteiger partial charge in [0.25, 0.3) is 5.69 Å². The van der Waals surface area contributed by atoms with Crippen LogP contribution >= 0.6 is 0 Å². The summed E-state index contributed by atoms with van der Waals surface area (Å²) in [6.45, 7) is -0.134. The van der Waals surface area contributed by atoms with Crippen molar-refractivity contribution >= 4 is 17.4 Å². The second-order valence-electron chi connectivity index (χ2n) is 6.41. The number of benzene rings is 2. The molecule has 12 heteroatoms. The van der Waals surface area contributed by atoms with Gasteiger partial charge in [-0.05, 0) is 29.8 Å². The van der Waals surface area contributed by atoms with E-state index in [9.17, 15) is 24.8 Å². The van der Waals surface area contributed by atoms with E-state index in [-0.39, 0.29) is 24.7 Å². The zero-order chi connectivity index (χ0) is 23.3. The number of aromatic nitrogens is 3. The summed E-state index contributed by atoms with van der Waals surface area (Å²) in [5, 5.41) is 28.6. The molecule has 1 heterocycles. The number of ether oxygens (including phenoxy) is 3. The van der Waals surface area contributed by atoms with Crippen molar-refractivity contribution in [3.05, 3.63) is 75.1 Å². The summed E-state index contributed by atoms with van der Waals surface area (Å²) in [5.41, 5.74) is -1.23. The number of nitrogens with zero attached hydrogens (tertiary/aromatic N) is 4. The molecule has 0 saturated heterocycles. The molecule has 0 saturated carbocycles. The molecule has 3 rings (SSSR count). The number of nitro groups is 1. The third kappa shape index (κ3) is 4.70. The molecule has 2 aromatic carbocycles. The summed E-state index contributed by atoms with van der Waals surface area (Å²) < 4.78 is 16.0. The largest absolute Gasteiger partial charge is 0.497 e. The Kier molecular flexibility index (Phi) is 6.75. The third-order valence-corrected chi connectivity index (χ3v) is 4.40. The summed E-state index contributed by atoms with van der Waals surface area (Å²) in [6, 6.07) is 10.3. The number of carbonyl (C=O) groups excluding carboxylic acids is 1. The van der Waals surface area contributed by atoms with Crippen molar-refractivity contribution in [1.82, 2.24) is 15.0 Å². The number of nitro benzene ring substituents is 1. The highest BCUT2D eigenvalue weighted by atomic mass is 16.7. The molecule has 0 aliphatic rings. The van der Waals surface area contributed by atoms with E-state index >= 15 is 0 Å². The molecule has 0 fully saturated rings. The minimum Gasteiger partial charge on any atom is -0.497 e. The van der Waals surface area contributed by atoms with Crippen LogP contribution in [0.2, 0.25) is 0 Å². The van der Waals surface area contributed by atoms with Crippen molar-refractivity contribution in [2.75, 3.05) is 21.0 Å².